The van der Waals surface area contributed by atoms with Gasteiger partial charge in [0.15, 0.2) is 0 Å². The Hall–Kier alpha value is -0.570. The van der Waals surface area contributed by atoms with Crippen molar-refractivity contribution in [2.24, 2.45) is 17.6 Å². The van der Waals surface area contributed by atoms with E-state index in [-0.39, 0.29) is 11.5 Å². The lowest BCUT2D eigenvalue weighted by molar-refractivity contribution is -0.141. The number of rotatable bonds is 2. The van der Waals surface area contributed by atoms with Crippen LogP contribution in [0.4, 0.5) is 0 Å². The van der Waals surface area contributed by atoms with Gasteiger partial charge in [0.25, 0.3) is 0 Å². The van der Waals surface area contributed by atoms with Crippen molar-refractivity contribution in [1.29, 1.82) is 0 Å². The Kier molecular flexibility index (Phi) is 3.01. The topological polar surface area (TPSA) is 52.3 Å². The zero-order chi connectivity index (χ0) is 10.9. The normalized spacial score (nSPS) is 39.9. The molecular weight excluding hydrogens is 190 g/mol. The second-order valence-corrected chi connectivity index (χ2v) is 5.08. The summed E-state index contributed by atoms with van der Waals surface area (Å²) >= 11 is 0. The minimum atomic E-state index is -0.183. The van der Waals surface area contributed by atoms with E-state index >= 15 is 0 Å². The van der Waals surface area contributed by atoms with Crippen molar-refractivity contribution in [1.82, 2.24) is 0 Å². The first-order valence-corrected chi connectivity index (χ1v) is 6.07. The molecule has 0 saturated heterocycles. The lowest BCUT2D eigenvalue weighted by Gasteiger charge is -2.14. The molecule has 0 spiro atoms. The number of hydrogen-bond donors (Lipinski definition) is 1. The van der Waals surface area contributed by atoms with Gasteiger partial charge in [0.2, 0.25) is 0 Å². The van der Waals surface area contributed by atoms with E-state index in [1.165, 1.54) is 39.0 Å². The fraction of sp³-hybridized carbons (Fsp3) is 0.917. The van der Waals surface area contributed by atoms with Crippen LogP contribution >= 0.6 is 0 Å². The number of fused-ring (bicyclic) bond motifs is 1. The Bertz CT molecular complexity index is 254. The summed E-state index contributed by atoms with van der Waals surface area (Å²) in [6.07, 6.45) is 7.52. The summed E-state index contributed by atoms with van der Waals surface area (Å²) in [5, 5.41) is 0. The quantitative estimate of drug-likeness (QED) is 0.709. The molecule has 2 rings (SSSR count). The molecule has 0 aromatic rings. The second kappa shape index (κ2) is 4.12. The summed E-state index contributed by atoms with van der Waals surface area (Å²) in [4.78, 5) is 10.8. The number of carbonyl (C=O) groups excluding carboxylic acids is 1. The van der Waals surface area contributed by atoms with Crippen molar-refractivity contribution >= 4 is 5.97 Å². The number of hydrogen-bond acceptors (Lipinski definition) is 3. The summed E-state index contributed by atoms with van der Waals surface area (Å²) in [6.45, 7) is 2.00. The van der Waals surface area contributed by atoms with E-state index in [2.05, 4.69) is 0 Å². The van der Waals surface area contributed by atoms with Crippen LogP contribution < -0.4 is 5.73 Å². The third-order valence-corrected chi connectivity index (χ3v) is 4.10. The Labute approximate surface area is 91.4 Å². The van der Waals surface area contributed by atoms with Gasteiger partial charge in [-0.25, -0.2) is 0 Å². The minimum Gasteiger partial charge on any atom is -0.465 e. The highest BCUT2D eigenvalue weighted by molar-refractivity contribution is 5.65. The molecule has 2 saturated carbocycles. The van der Waals surface area contributed by atoms with E-state index in [0.717, 1.165) is 6.42 Å². The lowest BCUT2D eigenvalue weighted by Crippen LogP contribution is -2.28. The largest absolute Gasteiger partial charge is 0.465 e. The van der Waals surface area contributed by atoms with Gasteiger partial charge in [-0.2, -0.15) is 0 Å². The molecule has 0 heterocycles. The van der Waals surface area contributed by atoms with Crippen LogP contribution in [0.1, 0.15) is 45.4 Å². The maximum Gasteiger partial charge on any atom is 0.302 e. The molecule has 3 unspecified atom stereocenters. The van der Waals surface area contributed by atoms with E-state index in [1.54, 1.807) is 0 Å². The highest BCUT2D eigenvalue weighted by Gasteiger charge is 2.61. The van der Waals surface area contributed by atoms with Crippen LogP contribution in [0, 0.1) is 11.8 Å². The van der Waals surface area contributed by atoms with E-state index in [1.807, 2.05) is 0 Å². The third-order valence-electron chi connectivity index (χ3n) is 4.10. The first-order valence-electron chi connectivity index (χ1n) is 6.07. The highest BCUT2D eigenvalue weighted by atomic mass is 16.5. The molecule has 0 amide bonds. The van der Waals surface area contributed by atoms with E-state index in [0.29, 0.717) is 18.4 Å². The summed E-state index contributed by atoms with van der Waals surface area (Å²) in [5.41, 5.74) is 6.36. The van der Waals surface area contributed by atoms with Gasteiger partial charge in [-0.1, -0.05) is 25.7 Å². The monoisotopic (exact) mass is 211 g/mol. The summed E-state index contributed by atoms with van der Waals surface area (Å²) in [5.74, 6) is 0.856. The molecule has 0 aromatic heterocycles. The Balaban J connectivity index is 1.88. The van der Waals surface area contributed by atoms with Crippen molar-refractivity contribution in [3.05, 3.63) is 0 Å². The maximum absolute atomic E-state index is 10.8. The van der Waals surface area contributed by atoms with Crippen molar-refractivity contribution in [2.45, 2.75) is 51.0 Å². The molecule has 0 aromatic carbocycles. The molecule has 0 bridgehead atoms. The van der Waals surface area contributed by atoms with Crippen molar-refractivity contribution in [3.63, 3.8) is 0 Å². The second-order valence-electron chi connectivity index (χ2n) is 5.08. The van der Waals surface area contributed by atoms with Crippen LogP contribution in [0.3, 0.4) is 0 Å². The predicted octanol–water partition coefficient (Wildman–Crippen LogP) is 1.85. The van der Waals surface area contributed by atoms with Crippen molar-refractivity contribution in [2.75, 3.05) is 6.61 Å². The van der Waals surface area contributed by atoms with Crippen LogP contribution in [0.25, 0.3) is 0 Å². The van der Waals surface area contributed by atoms with Gasteiger partial charge in [-0.3, -0.25) is 4.79 Å². The number of nitrogens with two attached hydrogens (primary N) is 1. The third kappa shape index (κ3) is 2.17. The maximum atomic E-state index is 10.8. The molecule has 2 aliphatic carbocycles. The fourth-order valence-electron chi connectivity index (χ4n) is 3.10. The minimum absolute atomic E-state index is 0.00410. The van der Waals surface area contributed by atoms with Crippen LogP contribution in [-0.4, -0.2) is 18.1 Å². The predicted molar refractivity (Wildman–Crippen MR) is 58.2 cm³/mol. The van der Waals surface area contributed by atoms with Crippen LogP contribution in [0.2, 0.25) is 0 Å². The molecule has 86 valence electrons. The first-order chi connectivity index (χ1) is 7.14. The van der Waals surface area contributed by atoms with Crippen LogP contribution in [-0.2, 0) is 9.53 Å². The molecule has 2 aliphatic rings. The van der Waals surface area contributed by atoms with Gasteiger partial charge in [-0.05, 0) is 18.8 Å². The van der Waals surface area contributed by atoms with E-state index < -0.39 is 0 Å². The summed E-state index contributed by atoms with van der Waals surface area (Å²) in [6, 6.07) is 0. The number of carbonyl (C=O) groups is 1. The average molecular weight is 211 g/mol. The molecule has 3 heteroatoms. The van der Waals surface area contributed by atoms with E-state index in [9.17, 15) is 4.79 Å². The Morgan fingerprint density at radius 3 is 2.87 bits per heavy atom. The Morgan fingerprint density at radius 2 is 2.13 bits per heavy atom. The van der Waals surface area contributed by atoms with Gasteiger partial charge in [0.05, 0.1) is 6.61 Å². The van der Waals surface area contributed by atoms with Crippen molar-refractivity contribution in [3.8, 4) is 0 Å². The van der Waals surface area contributed by atoms with Gasteiger partial charge in [0.1, 0.15) is 0 Å². The molecule has 2 N–H and O–H groups in total. The van der Waals surface area contributed by atoms with Crippen molar-refractivity contribution < 1.29 is 9.53 Å². The lowest BCUT2D eigenvalue weighted by atomic mass is 9.97. The van der Waals surface area contributed by atoms with Gasteiger partial charge in [-0.15, -0.1) is 0 Å². The number of ether oxygens (including phenoxy) is 1. The molecule has 15 heavy (non-hydrogen) atoms. The molecule has 3 nitrogen and oxygen atoms in total. The average Bonchev–Trinajstić information content (AvgIpc) is 2.67. The molecule has 3 atom stereocenters. The highest BCUT2D eigenvalue weighted by Crippen LogP contribution is 2.55. The SMILES string of the molecule is CC(=O)OCC1C2CCCCCCC21N. The first kappa shape index (κ1) is 10.9. The summed E-state index contributed by atoms with van der Waals surface area (Å²) in [7, 11) is 0. The fourth-order valence-corrected chi connectivity index (χ4v) is 3.10. The molecule has 2 fully saturated rings. The zero-order valence-corrected chi connectivity index (χ0v) is 9.50. The van der Waals surface area contributed by atoms with Crippen LogP contribution in [0.5, 0.6) is 0 Å². The van der Waals surface area contributed by atoms with Gasteiger partial charge in [0, 0.05) is 18.4 Å². The van der Waals surface area contributed by atoms with Gasteiger partial charge >= 0.3 is 5.97 Å². The molecular formula is C12H21NO2. The Morgan fingerprint density at radius 1 is 1.40 bits per heavy atom. The molecule has 0 aliphatic heterocycles. The summed E-state index contributed by atoms with van der Waals surface area (Å²) < 4.78 is 5.09. The zero-order valence-electron chi connectivity index (χ0n) is 9.50. The standard InChI is InChI=1S/C12H21NO2/c1-9(14)15-8-11-10-6-4-2-3-5-7-12(10,11)13/h10-11H,2-8,13H2,1H3. The van der Waals surface area contributed by atoms with Gasteiger partial charge < -0.3 is 10.5 Å². The number of esters is 1. The van der Waals surface area contributed by atoms with Crippen LogP contribution in [0.15, 0.2) is 0 Å². The molecule has 0 radical (unpaired) electrons. The van der Waals surface area contributed by atoms with E-state index in [4.69, 9.17) is 10.5 Å². The smallest absolute Gasteiger partial charge is 0.302 e.